The maximum atomic E-state index is 12.9. The molecule has 6 heteroatoms. The van der Waals surface area contributed by atoms with Gasteiger partial charge in [0.15, 0.2) is 0 Å². The minimum absolute atomic E-state index is 0.107. The van der Waals surface area contributed by atoms with Gasteiger partial charge in [0.1, 0.15) is 11.6 Å². The molecule has 1 aromatic carbocycles. The lowest BCUT2D eigenvalue weighted by atomic mass is 10.3. The zero-order valence-electron chi connectivity index (χ0n) is 10.2. The third-order valence-corrected chi connectivity index (χ3v) is 2.39. The van der Waals surface area contributed by atoms with Crippen LogP contribution in [0, 0.1) is 5.82 Å². The van der Waals surface area contributed by atoms with E-state index < -0.39 is 0 Å². The fourth-order valence-corrected chi connectivity index (χ4v) is 1.52. The van der Waals surface area contributed by atoms with E-state index in [0.29, 0.717) is 30.9 Å². The smallest absolute Gasteiger partial charge is 0.224 e. The van der Waals surface area contributed by atoms with Crippen LogP contribution >= 0.6 is 0 Å². The van der Waals surface area contributed by atoms with E-state index in [9.17, 15) is 9.18 Å². The number of nitrogens with zero attached hydrogens (tertiary/aromatic N) is 1. The highest BCUT2D eigenvalue weighted by atomic mass is 19.1. The molecule has 0 unspecified atom stereocenters. The second-order valence-electron chi connectivity index (χ2n) is 3.94. The van der Waals surface area contributed by atoms with Gasteiger partial charge in [-0.05, 0) is 18.6 Å². The normalized spacial score (nSPS) is 10.2. The number of aromatic amines is 1. The molecule has 0 saturated carbocycles. The number of H-pyrrole nitrogens is 1. The largest absolute Gasteiger partial charge is 0.493 e. The number of nitrogens with one attached hydrogen (secondary N) is 2. The molecule has 1 aromatic heterocycles. The van der Waals surface area contributed by atoms with Crippen LogP contribution in [-0.4, -0.2) is 22.7 Å². The number of hydrogen-bond acceptors (Lipinski definition) is 3. The summed E-state index contributed by atoms with van der Waals surface area (Å²) in [6.07, 6.45) is 4.02. The lowest BCUT2D eigenvalue weighted by molar-refractivity contribution is -0.116. The first-order valence-electron chi connectivity index (χ1n) is 5.91. The van der Waals surface area contributed by atoms with Crippen molar-refractivity contribution in [3.8, 4) is 5.75 Å². The molecule has 2 rings (SSSR count). The van der Waals surface area contributed by atoms with E-state index in [1.807, 2.05) is 0 Å². The number of anilines is 1. The van der Waals surface area contributed by atoms with E-state index in [-0.39, 0.29) is 11.7 Å². The number of benzene rings is 1. The number of carbonyl (C=O) groups is 1. The highest BCUT2D eigenvalue weighted by molar-refractivity contribution is 5.90. The van der Waals surface area contributed by atoms with E-state index in [1.54, 1.807) is 18.3 Å². The zero-order chi connectivity index (χ0) is 13.5. The summed E-state index contributed by atoms with van der Waals surface area (Å²) in [4.78, 5) is 11.5. The highest BCUT2D eigenvalue weighted by Gasteiger charge is 2.03. The van der Waals surface area contributed by atoms with Crippen LogP contribution in [0.2, 0.25) is 0 Å². The number of carbonyl (C=O) groups excluding carboxylic acids is 1. The zero-order valence-corrected chi connectivity index (χ0v) is 10.2. The summed E-state index contributed by atoms with van der Waals surface area (Å²) < 4.78 is 18.2. The first-order valence-corrected chi connectivity index (χ1v) is 5.91. The molecule has 5 nitrogen and oxygen atoms in total. The maximum absolute atomic E-state index is 12.9. The first kappa shape index (κ1) is 13.1. The molecule has 0 fully saturated rings. The van der Waals surface area contributed by atoms with Gasteiger partial charge in [-0.2, -0.15) is 5.10 Å². The lowest BCUT2D eigenvalue weighted by Gasteiger charge is -2.06. The van der Waals surface area contributed by atoms with Gasteiger partial charge in [-0.3, -0.25) is 9.89 Å². The van der Waals surface area contributed by atoms with Crippen LogP contribution in [0.3, 0.4) is 0 Å². The molecule has 100 valence electrons. The molecule has 0 saturated heterocycles. The molecule has 0 atom stereocenters. The van der Waals surface area contributed by atoms with Gasteiger partial charge in [0.2, 0.25) is 5.91 Å². The Kier molecular flexibility index (Phi) is 4.49. The van der Waals surface area contributed by atoms with Crippen LogP contribution in [0.15, 0.2) is 36.7 Å². The van der Waals surface area contributed by atoms with Gasteiger partial charge in [0.25, 0.3) is 0 Å². The van der Waals surface area contributed by atoms with Gasteiger partial charge >= 0.3 is 0 Å². The molecular formula is C13H14FN3O2. The number of amides is 1. The molecule has 0 aliphatic carbocycles. The Morgan fingerprint density at radius 2 is 2.37 bits per heavy atom. The molecule has 0 spiro atoms. The highest BCUT2D eigenvalue weighted by Crippen LogP contribution is 2.12. The van der Waals surface area contributed by atoms with E-state index >= 15 is 0 Å². The van der Waals surface area contributed by atoms with Gasteiger partial charge in [0.05, 0.1) is 18.5 Å². The summed E-state index contributed by atoms with van der Waals surface area (Å²) >= 11 is 0. The average molecular weight is 263 g/mol. The number of ether oxygens (including phenoxy) is 1. The van der Waals surface area contributed by atoms with Crippen LogP contribution in [0.5, 0.6) is 5.75 Å². The SMILES string of the molecule is O=C(CCCOc1cccc(F)c1)Nc1cn[nH]c1. The molecule has 1 heterocycles. The summed E-state index contributed by atoms with van der Waals surface area (Å²) in [7, 11) is 0. The fraction of sp³-hybridized carbons (Fsp3) is 0.231. The Morgan fingerprint density at radius 3 is 3.11 bits per heavy atom. The van der Waals surface area contributed by atoms with Gasteiger partial charge in [-0.1, -0.05) is 6.07 Å². The van der Waals surface area contributed by atoms with Crippen LogP contribution in [-0.2, 0) is 4.79 Å². The topological polar surface area (TPSA) is 67.0 Å². The average Bonchev–Trinajstić information content (AvgIpc) is 2.87. The molecule has 0 radical (unpaired) electrons. The summed E-state index contributed by atoms with van der Waals surface area (Å²) in [5.41, 5.74) is 0.635. The van der Waals surface area contributed by atoms with Crippen LogP contribution in [0.4, 0.5) is 10.1 Å². The third-order valence-electron chi connectivity index (χ3n) is 2.39. The van der Waals surface area contributed by atoms with Crippen molar-refractivity contribution in [2.45, 2.75) is 12.8 Å². The second-order valence-corrected chi connectivity index (χ2v) is 3.94. The van der Waals surface area contributed by atoms with Crippen LogP contribution in [0.25, 0.3) is 0 Å². The van der Waals surface area contributed by atoms with Crippen LogP contribution < -0.4 is 10.1 Å². The first-order chi connectivity index (χ1) is 9.24. The van der Waals surface area contributed by atoms with Crippen molar-refractivity contribution in [2.75, 3.05) is 11.9 Å². The summed E-state index contributed by atoms with van der Waals surface area (Å²) in [6.45, 7) is 0.363. The minimum atomic E-state index is -0.338. The van der Waals surface area contributed by atoms with Gasteiger partial charge in [0, 0.05) is 18.7 Å². The number of rotatable bonds is 6. The van der Waals surface area contributed by atoms with Crippen molar-refractivity contribution in [3.63, 3.8) is 0 Å². The molecular weight excluding hydrogens is 249 g/mol. The molecule has 0 aliphatic heterocycles. The Labute approximate surface area is 109 Å². The number of hydrogen-bond donors (Lipinski definition) is 2. The summed E-state index contributed by atoms with van der Waals surface area (Å²) in [5, 5.41) is 9.01. The molecule has 2 aromatic rings. The lowest BCUT2D eigenvalue weighted by Crippen LogP contribution is -2.12. The molecule has 0 bridgehead atoms. The van der Waals surface area contributed by atoms with Gasteiger partial charge < -0.3 is 10.1 Å². The quantitative estimate of drug-likeness (QED) is 0.786. The predicted octanol–water partition coefficient (Wildman–Crippen LogP) is 2.35. The van der Waals surface area contributed by atoms with Crippen molar-refractivity contribution < 1.29 is 13.9 Å². The van der Waals surface area contributed by atoms with E-state index in [2.05, 4.69) is 15.5 Å². The number of aromatic nitrogens is 2. The van der Waals surface area contributed by atoms with Crippen molar-refractivity contribution in [1.29, 1.82) is 0 Å². The fourth-order valence-electron chi connectivity index (χ4n) is 1.52. The third kappa shape index (κ3) is 4.42. The van der Waals surface area contributed by atoms with Crippen LogP contribution in [0.1, 0.15) is 12.8 Å². The Balaban J connectivity index is 1.65. The monoisotopic (exact) mass is 263 g/mol. The number of halogens is 1. The van der Waals surface area contributed by atoms with Crippen molar-refractivity contribution in [3.05, 3.63) is 42.5 Å². The van der Waals surface area contributed by atoms with Crippen molar-refractivity contribution >= 4 is 11.6 Å². The molecule has 19 heavy (non-hydrogen) atoms. The molecule has 1 amide bonds. The Morgan fingerprint density at radius 1 is 1.47 bits per heavy atom. The van der Waals surface area contributed by atoms with Gasteiger partial charge in [-0.15, -0.1) is 0 Å². The summed E-state index contributed by atoms with van der Waals surface area (Å²) in [5.74, 6) is 0.0229. The van der Waals surface area contributed by atoms with Crippen molar-refractivity contribution in [1.82, 2.24) is 10.2 Å². The maximum Gasteiger partial charge on any atom is 0.224 e. The summed E-state index contributed by atoms with van der Waals surface area (Å²) in [6, 6.07) is 5.92. The standard InChI is InChI=1S/C13H14FN3O2/c14-10-3-1-4-12(7-10)19-6-2-5-13(18)17-11-8-15-16-9-11/h1,3-4,7-9H,2,5-6H2,(H,15,16)(H,17,18). The molecule has 2 N–H and O–H groups in total. The second kappa shape index (κ2) is 6.53. The molecule has 0 aliphatic rings. The van der Waals surface area contributed by atoms with E-state index in [4.69, 9.17) is 4.74 Å². The minimum Gasteiger partial charge on any atom is -0.493 e. The van der Waals surface area contributed by atoms with Gasteiger partial charge in [-0.25, -0.2) is 4.39 Å². The van der Waals surface area contributed by atoms with E-state index in [0.717, 1.165) is 0 Å². The Hall–Kier alpha value is -2.37. The van der Waals surface area contributed by atoms with Crippen molar-refractivity contribution in [2.24, 2.45) is 0 Å². The van der Waals surface area contributed by atoms with E-state index in [1.165, 1.54) is 18.3 Å². The predicted molar refractivity (Wildman–Crippen MR) is 68.3 cm³/mol. The Bertz CT molecular complexity index is 528.